The van der Waals surface area contributed by atoms with Gasteiger partial charge in [0.2, 0.25) is 12.0 Å². The van der Waals surface area contributed by atoms with E-state index in [9.17, 15) is 29.0 Å². The maximum absolute atomic E-state index is 12.8. The van der Waals surface area contributed by atoms with Crippen molar-refractivity contribution < 1.29 is 52.7 Å². The average molecular weight is 557 g/mol. The Morgan fingerprint density at radius 2 is 1.80 bits per heavy atom. The van der Waals surface area contributed by atoms with E-state index in [-0.39, 0.29) is 12.4 Å². The number of nitrogens with one attached hydrogen (secondary N) is 1. The van der Waals surface area contributed by atoms with Gasteiger partial charge >= 0.3 is 20.9 Å². The first-order valence-corrected chi connectivity index (χ1v) is 14.0. The third kappa shape index (κ3) is 7.42. The summed E-state index contributed by atoms with van der Waals surface area (Å²) in [6.07, 6.45) is -4.68. The third-order valence-electron chi connectivity index (χ3n) is 5.01. The number of aliphatic hydroxyl groups excluding tert-OH is 2. The van der Waals surface area contributed by atoms with Crippen LogP contribution in [0, 0.1) is 0 Å². The van der Waals surface area contributed by atoms with Gasteiger partial charge in [0.25, 0.3) is 0 Å². The molecule has 0 saturated carbocycles. The molecule has 2 aromatic rings. The van der Waals surface area contributed by atoms with E-state index >= 15 is 0 Å². The van der Waals surface area contributed by atoms with Gasteiger partial charge in [-0.25, -0.2) is 5.48 Å². The molecule has 194 valence electrons. The number of aliphatic hydroxyl groups is 2. The van der Waals surface area contributed by atoms with Crippen molar-refractivity contribution in [1.82, 2.24) is 4.57 Å². The molecule has 1 saturated heterocycles. The van der Waals surface area contributed by atoms with Crippen molar-refractivity contribution in [2.75, 3.05) is 18.0 Å². The second-order valence-corrected chi connectivity index (χ2v) is 12.2. The first kappa shape index (κ1) is 27.9. The summed E-state index contributed by atoms with van der Waals surface area (Å²) in [5.41, 5.74) is 2.81. The van der Waals surface area contributed by atoms with E-state index in [1.165, 1.54) is 19.3 Å². The van der Waals surface area contributed by atoms with E-state index < -0.39 is 57.9 Å². The predicted octanol–water partition coefficient (Wildman–Crippen LogP) is -0.174. The van der Waals surface area contributed by atoms with Crippen LogP contribution >= 0.6 is 26.8 Å². The summed E-state index contributed by atoms with van der Waals surface area (Å²) in [5, 5.41) is 21.2. The molecule has 6 N–H and O–H groups in total. The van der Waals surface area contributed by atoms with E-state index in [4.69, 9.17) is 31.0 Å². The van der Waals surface area contributed by atoms with Crippen molar-refractivity contribution in [1.29, 1.82) is 0 Å². The van der Waals surface area contributed by atoms with Gasteiger partial charge in [0.05, 0.1) is 20.3 Å². The standard InChI is InChI=1S/C18H24ClN3O11P2/c1-21-14(20-31-8-11-2-4-12(19)5-3-11)6-7-22(18(21)25)17-16(24)15(23)13(33-17)9-32-35(29,30)10-34(26,27)28/h2-7,13,15-17,23-24H,8-10H2,1H3,(H3,26,27,28,29,30)/p+1/t13-,15-,16-,17-/m1/s1. The van der Waals surface area contributed by atoms with Crippen LogP contribution in [0.3, 0.4) is 0 Å². The van der Waals surface area contributed by atoms with Crippen LogP contribution in [0.25, 0.3) is 0 Å². The van der Waals surface area contributed by atoms with E-state index in [0.29, 0.717) is 5.02 Å². The van der Waals surface area contributed by atoms with Crippen LogP contribution in [-0.2, 0) is 36.9 Å². The molecule has 17 heteroatoms. The lowest BCUT2D eigenvalue weighted by atomic mass is 10.1. The monoisotopic (exact) mass is 556 g/mol. The Kier molecular flexibility index (Phi) is 8.90. The zero-order valence-corrected chi connectivity index (χ0v) is 20.8. The molecule has 35 heavy (non-hydrogen) atoms. The lowest BCUT2D eigenvalue weighted by molar-refractivity contribution is -0.781. The van der Waals surface area contributed by atoms with E-state index in [1.807, 2.05) is 0 Å². The molecule has 1 unspecified atom stereocenters. The molecular formula is C18H25ClN3O11P2+. The van der Waals surface area contributed by atoms with E-state index in [0.717, 1.165) is 14.7 Å². The fraction of sp³-hybridized carbons (Fsp3) is 0.444. The second kappa shape index (κ2) is 11.2. The quantitative estimate of drug-likeness (QED) is 0.128. The lowest BCUT2D eigenvalue weighted by Gasteiger charge is -2.17. The van der Waals surface area contributed by atoms with Crippen molar-refractivity contribution in [3.63, 3.8) is 0 Å². The molecule has 0 spiro atoms. The van der Waals surface area contributed by atoms with Gasteiger partial charge in [-0.3, -0.25) is 14.0 Å². The maximum Gasteiger partial charge on any atom is 0.501 e. The number of benzene rings is 1. The number of anilines is 1. The normalized spacial score (nSPS) is 24.3. The summed E-state index contributed by atoms with van der Waals surface area (Å²) < 4.78 is 35.0. The molecule has 3 rings (SSSR count). The van der Waals surface area contributed by atoms with Crippen molar-refractivity contribution in [2.45, 2.75) is 31.1 Å². The number of aromatic nitrogens is 2. The van der Waals surface area contributed by atoms with Gasteiger partial charge in [-0.1, -0.05) is 23.7 Å². The molecule has 0 amide bonds. The van der Waals surface area contributed by atoms with Gasteiger partial charge in [0, 0.05) is 11.1 Å². The Morgan fingerprint density at radius 3 is 2.43 bits per heavy atom. The maximum atomic E-state index is 12.8. The highest BCUT2D eigenvalue weighted by Gasteiger charge is 2.48. The van der Waals surface area contributed by atoms with Crippen LogP contribution < -0.4 is 15.7 Å². The molecule has 1 fully saturated rings. The summed E-state index contributed by atoms with van der Waals surface area (Å²) in [4.78, 5) is 45.5. The molecule has 1 aliphatic heterocycles. The van der Waals surface area contributed by atoms with Crippen LogP contribution in [0.4, 0.5) is 5.82 Å². The number of hydrogen-bond acceptors (Lipinski definition) is 9. The summed E-state index contributed by atoms with van der Waals surface area (Å²) in [5.74, 6) is -1.15. The SMILES string of the molecule is Cn1c(NOCc2ccc(Cl)cc2)cc[n+]([C@@H]2O[C@H](COP(=O)(O)CP(=O)(O)O)[C@@H](O)[C@H]2O)c1=O. The summed E-state index contributed by atoms with van der Waals surface area (Å²) in [7, 11) is -8.12. The number of hydrogen-bond donors (Lipinski definition) is 6. The second-order valence-electron chi connectivity index (χ2n) is 7.75. The minimum absolute atomic E-state index is 0.176. The summed E-state index contributed by atoms with van der Waals surface area (Å²) in [6.45, 7) is -0.586. The third-order valence-corrected chi connectivity index (χ3v) is 8.71. The first-order valence-electron chi connectivity index (χ1n) is 10.0. The van der Waals surface area contributed by atoms with Gasteiger partial charge < -0.3 is 34.2 Å². The minimum Gasteiger partial charge on any atom is -0.387 e. The van der Waals surface area contributed by atoms with Crippen LogP contribution in [-0.4, -0.2) is 60.3 Å². The predicted molar refractivity (Wildman–Crippen MR) is 120 cm³/mol. The topological polar surface area (TPSA) is 201 Å². The van der Waals surface area contributed by atoms with Gasteiger partial charge in [-0.2, -0.15) is 13.9 Å². The fourth-order valence-corrected chi connectivity index (χ4v) is 5.93. The first-order chi connectivity index (χ1) is 16.3. The smallest absolute Gasteiger partial charge is 0.387 e. The zero-order chi connectivity index (χ0) is 26.0. The number of rotatable bonds is 10. The number of nitrogens with zero attached hydrogens (tertiary/aromatic N) is 2. The molecule has 0 radical (unpaired) electrons. The minimum atomic E-state index is -4.84. The van der Waals surface area contributed by atoms with Crippen LogP contribution in [0.1, 0.15) is 11.8 Å². The van der Waals surface area contributed by atoms with Gasteiger partial charge in [0.15, 0.2) is 5.90 Å². The van der Waals surface area contributed by atoms with Crippen LogP contribution in [0.5, 0.6) is 0 Å². The Balaban J connectivity index is 1.65. The molecule has 0 aliphatic carbocycles. The Bertz CT molecular complexity index is 1190. The van der Waals surface area contributed by atoms with Crippen molar-refractivity contribution in [3.05, 3.63) is 57.6 Å². The molecule has 0 bridgehead atoms. The Morgan fingerprint density at radius 1 is 1.14 bits per heavy atom. The highest BCUT2D eigenvalue weighted by atomic mass is 35.5. The van der Waals surface area contributed by atoms with Crippen molar-refractivity contribution in [3.8, 4) is 0 Å². The van der Waals surface area contributed by atoms with Crippen LogP contribution in [0.2, 0.25) is 5.02 Å². The average Bonchev–Trinajstić information content (AvgIpc) is 3.03. The van der Waals surface area contributed by atoms with Gasteiger partial charge in [0.1, 0.15) is 24.5 Å². The van der Waals surface area contributed by atoms with Crippen LogP contribution in [0.15, 0.2) is 41.3 Å². The molecule has 1 aromatic carbocycles. The zero-order valence-electron chi connectivity index (χ0n) is 18.2. The molecular weight excluding hydrogens is 532 g/mol. The number of halogens is 1. The largest absolute Gasteiger partial charge is 0.501 e. The van der Waals surface area contributed by atoms with E-state index in [2.05, 4.69) is 10.0 Å². The highest BCUT2D eigenvalue weighted by Crippen LogP contribution is 2.55. The molecule has 1 aromatic heterocycles. The lowest BCUT2D eigenvalue weighted by Crippen LogP contribution is -2.59. The fourth-order valence-electron chi connectivity index (χ4n) is 3.23. The van der Waals surface area contributed by atoms with Crippen molar-refractivity contribution in [2.24, 2.45) is 7.05 Å². The Hall–Kier alpha value is -1.67. The van der Waals surface area contributed by atoms with Crippen molar-refractivity contribution >= 4 is 32.6 Å². The summed E-state index contributed by atoms with van der Waals surface area (Å²) >= 11 is 5.84. The van der Waals surface area contributed by atoms with Gasteiger partial charge in [-0.05, 0) is 17.7 Å². The van der Waals surface area contributed by atoms with Gasteiger partial charge in [-0.15, -0.1) is 0 Å². The summed E-state index contributed by atoms with van der Waals surface area (Å²) in [6, 6.07) is 8.41. The number of ether oxygens (including phenoxy) is 1. The van der Waals surface area contributed by atoms with E-state index in [1.54, 1.807) is 24.3 Å². The molecule has 5 atom stereocenters. The molecule has 14 nitrogen and oxygen atoms in total. The molecule has 2 heterocycles. The Labute approximate surface area is 203 Å². The highest BCUT2D eigenvalue weighted by molar-refractivity contribution is 7.70. The molecule has 1 aliphatic rings.